The van der Waals surface area contributed by atoms with Gasteiger partial charge in [-0.3, -0.25) is 4.79 Å². The molecule has 1 heterocycles. The summed E-state index contributed by atoms with van der Waals surface area (Å²) < 4.78 is 11.5. The van der Waals surface area contributed by atoms with Crippen LogP contribution in [-0.2, 0) is 0 Å². The van der Waals surface area contributed by atoms with E-state index in [4.69, 9.17) is 9.47 Å². The fraction of sp³-hybridized carbons (Fsp3) is 0.118. The lowest BCUT2D eigenvalue weighted by Crippen LogP contribution is -1.96. The minimum Gasteiger partial charge on any atom is -0.497 e. The largest absolute Gasteiger partial charge is 0.497 e. The zero-order valence-corrected chi connectivity index (χ0v) is 12.4. The number of rotatable bonds is 2. The van der Waals surface area contributed by atoms with E-state index in [2.05, 4.69) is 0 Å². The van der Waals surface area contributed by atoms with Gasteiger partial charge in [0.25, 0.3) is 0 Å². The molecule has 0 fully saturated rings. The Balaban J connectivity index is 1.99. The predicted molar refractivity (Wildman–Crippen MR) is 83.8 cm³/mol. The second-order valence-electron chi connectivity index (χ2n) is 4.91. The van der Waals surface area contributed by atoms with Crippen LogP contribution in [0.15, 0.2) is 36.4 Å². The van der Waals surface area contributed by atoms with Gasteiger partial charge in [-0.2, -0.15) is 0 Å². The third kappa shape index (κ3) is 1.63. The predicted octanol–water partition coefficient (Wildman–Crippen LogP) is 4.13. The van der Waals surface area contributed by atoms with Crippen molar-refractivity contribution in [2.24, 2.45) is 0 Å². The summed E-state index contributed by atoms with van der Waals surface area (Å²) in [6, 6.07) is 11.5. The standard InChI is InChI=1S/C17H12O3S/c1-19-9-3-5-11-13(7-9)16(18)15-12-6-4-10(20-2)8-14(12)21-17(11)15/h3-8H,1-2H3. The number of benzene rings is 2. The van der Waals surface area contributed by atoms with E-state index in [1.165, 1.54) is 0 Å². The molecule has 0 saturated heterocycles. The molecule has 0 radical (unpaired) electrons. The van der Waals surface area contributed by atoms with Crippen LogP contribution in [0.2, 0.25) is 0 Å². The van der Waals surface area contributed by atoms with E-state index in [-0.39, 0.29) is 5.78 Å². The molecular weight excluding hydrogens is 284 g/mol. The van der Waals surface area contributed by atoms with Gasteiger partial charge in [0, 0.05) is 31.7 Å². The summed E-state index contributed by atoms with van der Waals surface area (Å²) in [5.41, 5.74) is 2.53. The van der Waals surface area contributed by atoms with E-state index < -0.39 is 0 Å². The number of ketones is 1. The SMILES string of the molecule is COc1ccc2c(c1)C(=O)c1c-2sc2cc(OC)ccc12. The molecule has 2 aromatic carbocycles. The third-order valence-electron chi connectivity index (χ3n) is 3.84. The van der Waals surface area contributed by atoms with Gasteiger partial charge in [-0.25, -0.2) is 0 Å². The molecule has 0 unspecified atom stereocenters. The highest BCUT2D eigenvalue weighted by Crippen LogP contribution is 2.47. The maximum absolute atomic E-state index is 12.7. The Morgan fingerprint density at radius 2 is 1.62 bits per heavy atom. The summed E-state index contributed by atoms with van der Waals surface area (Å²) in [6.45, 7) is 0. The average Bonchev–Trinajstić information content (AvgIpc) is 3.02. The van der Waals surface area contributed by atoms with Gasteiger partial charge < -0.3 is 9.47 Å². The van der Waals surface area contributed by atoms with Crippen LogP contribution in [0, 0.1) is 0 Å². The lowest BCUT2D eigenvalue weighted by molar-refractivity contribution is 0.104. The molecule has 1 aromatic heterocycles. The van der Waals surface area contributed by atoms with Crippen LogP contribution in [0.4, 0.5) is 0 Å². The van der Waals surface area contributed by atoms with Crippen molar-refractivity contribution in [2.45, 2.75) is 0 Å². The minimum atomic E-state index is 0.0790. The molecule has 0 spiro atoms. The second kappa shape index (κ2) is 4.33. The normalized spacial score (nSPS) is 12.4. The number of carbonyl (C=O) groups is 1. The zero-order chi connectivity index (χ0) is 14.6. The fourth-order valence-electron chi connectivity index (χ4n) is 2.79. The van der Waals surface area contributed by atoms with Gasteiger partial charge in [-0.1, -0.05) is 0 Å². The van der Waals surface area contributed by atoms with E-state index >= 15 is 0 Å². The van der Waals surface area contributed by atoms with Gasteiger partial charge in [-0.15, -0.1) is 11.3 Å². The number of thiophene rings is 1. The van der Waals surface area contributed by atoms with Crippen molar-refractivity contribution in [1.82, 2.24) is 0 Å². The number of carbonyl (C=O) groups excluding carboxylic acids is 1. The van der Waals surface area contributed by atoms with Gasteiger partial charge in [0.1, 0.15) is 11.5 Å². The van der Waals surface area contributed by atoms with Crippen molar-refractivity contribution < 1.29 is 14.3 Å². The quantitative estimate of drug-likeness (QED) is 0.558. The molecule has 1 aliphatic carbocycles. The molecule has 3 aromatic rings. The van der Waals surface area contributed by atoms with Gasteiger partial charge in [0.05, 0.1) is 14.2 Å². The second-order valence-corrected chi connectivity index (χ2v) is 5.96. The summed E-state index contributed by atoms with van der Waals surface area (Å²) in [5.74, 6) is 1.60. The number of hydrogen-bond acceptors (Lipinski definition) is 4. The zero-order valence-electron chi connectivity index (χ0n) is 11.6. The van der Waals surface area contributed by atoms with Crippen molar-refractivity contribution in [1.29, 1.82) is 0 Å². The van der Waals surface area contributed by atoms with E-state index in [1.54, 1.807) is 25.6 Å². The first-order valence-corrected chi connectivity index (χ1v) is 7.38. The summed E-state index contributed by atoms with van der Waals surface area (Å²) in [6.07, 6.45) is 0. The number of fused-ring (bicyclic) bond motifs is 5. The molecule has 3 nitrogen and oxygen atoms in total. The maximum atomic E-state index is 12.7. The first kappa shape index (κ1) is 12.4. The van der Waals surface area contributed by atoms with Crippen LogP contribution in [0.25, 0.3) is 20.5 Å². The van der Waals surface area contributed by atoms with Crippen LogP contribution in [0.1, 0.15) is 15.9 Å². The topological polar surface area (TPSA) is 35.5 Å². The molecular formula is C17H12O3S. The Morgan fingerprint density at radius 3 is 2.38 bits per heavy atom. The lowest BCUT2D eigenvalue weighted by Gasteiger charge is -2.03. The number of ether oxygens (including phenoxy) is 2. The van der Waals surface area contributed by atoms with Gasteiger partial charge in [-0.05, 0) is 36.4 Å². The van der Waals surface area contributed by atoms with Crippen LogP contribution in [0.5, 0.6) is 11.5 Å². The highest BCUT2D eigenvalue weighted by molar-refractivity contribution is 7.23. The number of methoxy groups -OCH3 is 2. The van der Waals surface area contributed by atoms with Crippen molar-refractivity contribution in [3.05, 3.63) is 47.5 Å². The van der Waals surface area contributed by atoms with Gasteiger partial charge in [0.2, 0.25) is 0 Å². The Kier molecular flexibility index (Phi) is 2.56. The number of hydrogen-bond donors (Lipinski definition) is 0. The molecule has 1 aliphatic rings. The first-order valence-electron chi connectivity index (χ1n) is 6.56. The molecule has 0 bridgehead atoms. The minimum absolute atomic E-state index is 0.0790. The van der Waals surface area contributed by atoms with Crippen molar-refractivity contribution in [2.75, 3.05) is 14.2 Å². The molecule has 0 saturated carbocycles. The average molecular weight is 296 g/mol. The Hall–Kier alpha value is -2.33. The molecule has 0 atom stereocenters. The Morgan fingerprint density at radius 1 is 0.905 bits per heavy atom. The van der Waals surface area contributed by atoms with E-state index in [0.717, 1.165) is 37.4 Å². The summed E-state index contributed by atoms with van der Waals surface area (Å²) in [4.78, 5) is 13.7. The molecule has 0 amide bonds. The van der Waals surface area contributed by atoms with Crippen LogP contribution < -0.4 is 9.47 Å². The summed E-state index contributed by atoms with van der Waals surface area (Å²) >= 11 is 1.63. The van der Waals surface area contributed by atoms with Crippen LogP contribution in [0.3, 0.4) is 0 Å². The Labute approximate surface area is 125 Å². The first-order chi connectivity index (χ1) is 10.2. The Bertz CT molecular complexity index is 892. The lowest BCUT2D eigenvalue weighted by atomic mass is 10.1. The monoisotopic (exact) mass is 296 g/mol. The van der Waals surface area contributed by atoms with Gasteiger partial charge in [0.15, 0.2) is 5.78 Å². The summed E-state index contributed by atoms with van der Waals surface area (Å²) in [5, 5.41) is 0.996. The van der Waals surface area contributed by atoms with E-state index in [1.807, 2.05) is 36.4 Å². The van der Waals surface area contributed by atoms with Crippen molar-refractivity contribution in [3.63, 3.8) is 0 Å². The molecule has 104 valence electrons. The van der Waals surface area contributed by atoms with Crippen LogP contribution in [-0.4, -0.2) is 20.0 Å². The maximum Gasteiger partial charge on any atom is 0.195 e. The highest BCUT2D eigenvalue weighted by Gasteiger charge is 2.31. The molecule has 0 N–H and O–H groups in total. The molecule has 4 heteroatoms. The van der Waals surface area contributed by atoms with Crippen LogP contribution >= 0.6 is 11.3 Å². The van der Waals surface area contributed by atoms with Gasteiger partial charge >= 0.3 is 0 Å². The summed E-state index contributed by atoms with van der Waals surface area (Å²) in [7, 11) is 3.26. The fourth-order valence-corrected chi connectivity index (χ4v) is 4.06. The smallest absolute Gasteiger partial charge is 0.195 e. The highest BCUT2D eigenvalue weighted by atomic mass is 32.1. The third-order valence-corrected chi connectivity index (χ3v) is 5.03. The van der Waals surface area contributed by atoms with E-state index in [0.29, 0.717) is 5.75 Å². The van der Waals surface area contributed by atoms with Crippen molar-refractivity contribution in [3.8, 4) is 21.9 Å². The molecule has 0 aliphatic heterocycles. The molecule has 21 heavy (non-hydrogen) atoms. The van der Waals surface area contributed by atoms with Crippen molar-refractivity contribution >= 4 is 27.2 Å². The molecule has 4 rings (SSSR count). The van der Waals surface area contributed by atoms with E-state index in [9.17, 15) is 4.79 Å².